The summed E-state index contributed by atoms with van der Waals surface area (Å²) in [6, 6.07) is 6.39. The topological polar surface area (TPSA) is 30.3 Å². The van der Waals surface area contributed by atoms with Gasteiger partial charge in [-0.25, -0.2) is 4.98 Å². The van der Waals surface area contributed by atoms with E-state index in [9.17, 15) is 0 Å². The zero-order valence-corrected chi connectivity index (χ0v) is 11.5. The number of rotatable bonds is 3. The molecule has 0 atom stereocenters. The van der Waals surface area contributed by atoms with Gasteiger partial charge in [0.05, 0.1) is 24.8 Å². The maximum absolute atomic E-state index is 5.53. The SMILES string of the molecule is COc1cc(N2CCCC2)ccc1-n1cnc(C)c1. The summed E-state index contributed by atoms with van der Waals surface area (Å²) >= 11 is 0. The highest BCUT2D eigenvalue weighted by Gasteiger charge is 2.15. The molecule has 3 rings (SSSR count). The van der Waals surface area contributed by atoms with Crippen LogP contribution in [0.5, 0.6) is 5.75 Å². The molecule has 0 radical (unpaired) electrons. The Balaban J connectivity index is 1.97. The first-order chi connectivity index (χ1) is 9.28. The van der Waals surface area contributed by atoms with Gasteiger partial charge in [-0.05, 0) is 31.9 Å². The third kappa shape index (κ3) is 2.30. The van der Waals surface area contributed by atoms with Gasteiger partial charge < -0.3 is 14.2 Å². The maximum Gasteiger partial charge on any atom is 0.144 e. The summed E-state index contributed by atoms with van der Waals surface area (Å²) in [5, 5.41) is 0. The molecule has 0 aliphatic carbocycles. The average molecular weight is 257 g/mol. The molecule has 4 nitrogen and oxygen atoms in total. The Morgan fingerprint density at radius 3 is 2.63 bits per heavy atom. The fourth-order valence-corrected chi connectivity index (χ4v) is 2.60. The van der Waals surface area contributed by atoms with Crippen LogP contribution in [0, 0.1) is 6.92 Å². The van der Waals surface area contributed by atoms with Crippen LogP contribution in [0.15, 0.2) is 30.7 Å². The summed E-state index contributed by atoms with van der Waals surface area (Å²) in [6.07, 6.45) is 6.39. The fourth-order valence-electron chi connectivity index (χ4n) is 2.60. The minimum atomic E-state index is 0.891. The highest BCUT2D eigenvalue weighted by Crippen LogP contribution is 2.30. The molecular weight excluding hydrogens is 238 g/mol. The van der Waals surface area contributed by atoms with Crippen LogP contribution in [0.3, 0.4) is 0 Å². The van der Waals surface area contributed by atoms with Gasteiger partial charge in [0.25, 0.3) is 0 Å². The van der Waals surface area contributed by atoms with E-state index < -0.39 is 0 Å². The van der Waals surface area contributed by atoms with Crippen LogP contribution in [0.1, 0.15) is 18.5 Å². The second kappa shape index (κ2) is 4.96. The monoisotopic (exact) mass is 257 g/mol. The van der Waals surface area contributed by atoms with Gasteiger partial charge in [0.2, 0.25) is 0 Å². The molecule has 1 aromatic heterocycles. The average Bonchev–Trinajstić information content (AvgIpc) is 3.09. The molecule has 0 amide bonds. The predicted octanol–water partition coefficient (Wildman–Crippen LogP) is 2.79. The highest BCUT2D eigenvalue weighted by atomic mass is 16.5. The Morgan fingerprint density at radius 2 is 2.00 bits per heavy atom. The Hall–Kier alpha value is -1.97. The molecule has 0 unspecified atom stereocenters. The number of anilines is 1. The van der Waals surface area contributed by atoms with E-state index in [1.807, 2.05) is 24.0 Å². The molecule has 1 aliphatic heterocycles. The molecule has 19 heavy (non-hydrogen) atoms. The summed E-state index contributed by atoms with van der Waals surface area (Å²) < 4.78 is 7.54. The van der Waals surface area contributed by atoms with Crippen molar-refractivity contribution in [1.82, 2.24) is 9.55 Å². The van der Waals surface area contributed by atoms with Crippen LogP contribution in [-0.4, -0.2) is 29.8 Å². The van der Waals surface area contributed by atoms with Gasteiger partial charge in [-0.15, -0.1) is 0 Å². The van der Waals surface area contributed by atoms with Gasteiger partial charge in [-0.1, -0.05) is 0 Å². The van der Waals surface area contributed by atoms with E-state index >= 15 is 0 Å². The summed E-state index contributed by atoms with van der Waals surface area (Å²) in [4.78, 5) is 6.67. The fraction of sp³-hybridized carbons (Fsp3) is 0.400. The minimum absolute atomic E-state index is 0.891. The molecule has 2 heterocycles. The summed E-state index contributed by atoms with van der Waals surface area (Å²) in [5.41, 5.74) is 3.28. The Kier molecular flexibility index (Phi) is 3.15. The number of ether oxygens (including phenoxy) is 1. The predicted molar refractivity (Wildman–Crippen MR) is 76.3 cm³/mol. The van der Waals surface area contributed by atoms with Crippen molar-refractivity contribution in [2.24, 2.45) is 0 Å². The molecule has 4 heteroatoms. The number of imidazole rings is 1. The minimum Gasteiger partial charge on any atom is -0.494 e. The number of hydrogen-bond donors (Lipinski definition) is 0. The van der Waals surface area contributed by atoms with E-state index in [0.717, 1.165) is 30.2 Å². The van der Waals surface area contributed by atoms with Crippen LogP contribution >= 0.6 is 0 Å². The molecule has 1 saturated heterocycles. The molecule has 0 spiro atoms. The molecule has 0 bridgehead atoms. The molecule has 1 aliphatic rings. The molecule has 0 N–H and O–H groups in total. The first-order valence-corrected chi connectivity index (χ1v) is 6.72. The molecule has 2 aromatic rings. The van der Waals surface area contributed by atoms with Crippen molar-refractivity contribution in [2.45, 2.75) is 19.8 Å². The van der Waals surface area contributed by atoms with Crippen molar-refractivity contribution in [1.29, 1.82) is 0 Å². The van der Waals surface area contributed by atoms with Crippen LogP contribution in [0.2, 0.25) is 0 Å². The van der Waals surface area contributed by atoms with E-state index in [1.54, 1.807) is 7.11 Å². The maximum atomic E-state index is 5.53. The van der Waals surface area contributed by atoms with Crippen LogP contribution in [0.25, 0.3) is 5.69 Å². The Labute approximate surface area is 113 Å². The lowest BCUT2D eigenvalue weighted by Crippen LogP contribution is -2.17. The van der Waals surface area contributed by atoms with Crippen LogP contribution in [0.4, 0.5) is 5.69 Å². The molecule has 1 fully saturated rings. The number of hydrogen-bond acceptors (Lipinski definition) is 3. The lowest BCUT2D eigenvalue weighted by atomic mass is 10.2. The number of aryl methyl sites for hydroxylation is 1. The van der Waals surface area contributed by atoms with Gasteiger partial charge in [-0.3, -0.25) is 0 Å². The number of methoxy groups -OCH3 is 1. The van der Waals surface area contributed by atoms with Crippen molar-refractivity contribution in [3.8, 4) is 11.4 Å². The van der Waals surface area contributed by atoms with Gasteiger partial charge in [0.1, 0.15) is 5.75 Å². The third-order valence-electron chi connectivity index (χ3n) is 3.62. The van der Waals surface area contributed by atoms with Crippen LogP contribution < -0.4 is 9.64 Å². The van der Waals surface area contributed by atoms with Crippen molar-refractivity contribution in [3.05, 3.63) is 36.4 Å². The molecule has 100 valence electrons. The lowest BCUT2D eigenvalue weighted by Gasteiger charge is -2.19. The lowest BCUT2D eigenvalue weighted by molar-refractivity contribution is 0.413. The standard InChI is InChI=1S/C15H19N3O/c1-12-10-18(11-16-12)14-6-5-13(9-15(14)19-2)17-7-3-4-8-17/h5-6,9-11H,3-4,7-8H2,1-2H3. The van der Waals surface area contributed by atoms with E-state index in [1.165, 1.54) is 18.5 Å². The van der Waals surface area contributed by atoms with Gasteiger partial charge in [0, 0.05) is 31.0 Å². The summed E-state index contributed by atoms with van der Waals surface area (Å²) in [5.74, 6) is 0.891. The van der Waals surface area contributed by atoms with Crippen molar-refractivity contribution in [2.75, 3.05) is 25.1 Å². The Morgan fingerprint density at radius 1 is 1.21 bits per heavy atom. The van der Waals surface area contributed by atoms with E-state index in [2.05, 4.69) is 28.1 Å². The first kappa shape index (κ1) is 12.1. The third-order valence-corrected chi connectivity index (χ3v) is 3.62. The van der Waals surface area contributed by atoms with Crippen molar-refractivity contribution >= 4 is 5.69 Å². The molecular formula is C15H19N3O. The van der Waals surface area contributed by atoms with E-state index in [0.29, 0.717) is 0 Å². The first-order valence-electron chi connectivity index (χ1n) is 6.72. The number of aromatic nitrogens is 2. The Bertz CT molecular complexity index is 571. The largest absolute Gasteiger partial charge is 0.494 e. The highest BCUT2D eigenvalue weighted by molar-refractivity contribution is 5.59. The zero-order chi connectivity index (χ0) is 13.2. The van der Waals surface area contributed by atoms with E-state index in [4.69, 9.17) is 4.74 Å². The summed E-state index contributed by atoms with van der Waals surface area (Å²) in [6.45, 7) is 4.28. The quantitative estimate of drug-likeness (QED) is 0.847. The number of benzene rings is 1. The van der Waals surface area contributed by atoms with E-state index in [-0.39, 0.29) is 0 Å². The molecule has 1 aromatic carbocycles. The summed E-state index contributed by atoms with van der Waals surface area (Å²) in [7, 11) is 1.72. The zero-order valence-electron chi connectivity index (χ0n) is 11.5. The molecule has 0 saturated carbocycles. The number of nitrogens with zero attached hydrogens (tertiary/aromatic N) is 3. The van der Waals surface area contributed by atoms with Crippen molar-refractivity contribution in [3.63, 3.8) is 0 Å². The van der Waals surface area contributed by atoms with Gasteiger partial charge in [-0.2, -0.15) is 0 Å². The van der Waals surface area contributed by atoms with Gasteiger partial charge in [0.15, 0.2) is 0 Å². The smallest absolute Gasteiger partial charge is 0.144 e. The van der Waals surface area contributed by atoms with Crippen molar-refractivity contribution < 1.29 is 4.74 Å². The second-order valence-corrected chi connectivity index (χ2v) is 4.97. The second-order valence-electron chi connectivity index (χ2n) is 4.97. The van der Waals surface area contributed by atoms with Gasteiger partial charge >= 0.3 is 0 Å². The normalized spacial score (nSPS) is 14.9. The van der Waals surface area contributed by atoms with Crippen LogP contribution in [-0.2, 0) is 0 Å².